The minimum Gasteiger partial charge on any atom is -0.115 e. The molecule has 0 atom stereocenters. The van der Waals surface area contributed by atoms with Crippen LogP contribution >= 0.6 is 23.3 Å². The Kier molecular flexibility index (Phi) is 9.68. The maximum Gasteiger partial charge on any atom is 0.0725 e. The highest BCUT2D eigenvalue weighted by Crippen LogP contribution is 2.63. The average Bonchev–Trinajstić information content (AvgIpc) is 3.62. The van der Waals surface area contributed by atoms with Crippen molar-refractivity contribution in [3.63, 3.8) is 0 Å². The molecule has 8 aromatic carbocycles. The molecule has 0 unspecified atom stereocenters. The summed E-state index contributed by atoms with van der Waals surface area (Å²) in [5.74, 6) is 0. The first-order valence-electron chi connectivity index (χ1n) is 17.1. The minimum atomic E-state index is -0.242. The highest BCUT2D eigenvalue weighted by molar-refractivity contribution is 8.59. The van der Waals surface area contributed by atoms with E-state index in [1.807, 2.05) is 18.2 Å². The second-order valence-electron chi connectivity index (χ2n) is 13.1. The first-order chi connectivity index (χ1) is 24.6. The van der Waals surface area contributed by atoms with Gasteiger partial charge in [-0.2, -0.15) is 0 Å². The van der Waals surface area contributed by atoms with Crippen LogP contribution in [0.1, 0.15) is 38.9 Å². The van der Waals surface area contributed by atoms with Gasteiger partial charge in [0.1, 0.15) is 0 Å². The van der Waals surface area contributed by atoms with Crippen molar-refractivity contribution in [2.75, 3.05) is 0 Å². The largest absolute Gasteiger partial charge is 0.115 e. The second kappa shape index (κ2) is 14.5. The topological polar surface area (TPSA) is 0 Å². The van der Waals surface area contributed by atoms with Crippen LogP contribution in [0.5, 0.6) is 0 Å². The Bertz CT molecular complexity index is 2390. The average molecular weight is 681 g/mol. The number of hydrogen-bond donors (Lipinski definition) is 2. The standard InChI is InChI=1S/C30H20.C11H10.C7H8.H2S2/c1-19-14-15-24-25-17-20-8-2-3-9-21(20)18-29(25)30(28(24)16-19)26-12-6-4-10-22(26)23-11-5-7-13-27(23)30;1-9-5-4-7-10-6-2-3-8-11(9)10;1-7-5-3-2-4-6-7;1-2/h2-18H,1H3;2-8H,1H3;2-6H,1H3;1-2H. The Balaban J connectivity index is 0.000000160. The van der Waals surface area contributed by atoms with E-state index >= 15 is 0 Å². The van der Waals surface area contributed by atoms with E-state index in [1.165, 1.54) is 82.7 Å². The smallest absolute Gasteiger partial charge is 0.0725 e. The van der Waals surface area contributed by atoms with Gasteiger partial charge in [-0.25, -0.2) is 0 Å². The molecule has 0 aromatic heterocycles. The van der Waals surface area contributed by atoms with Gasteiger partial charge in [0, 0.05) is 0 Å². The third kappa shape index (κ3) is 5.83. The van der Waals surface area contributed by atoms with Crippen LogP contribution in [-0.4, -0.2) is 0 Å². The van der Waals surface area contributed by atoms with E-state index in [0.29, 0.717) is 0 Å². The van der Waals surface area contributed by atoms with Crippen LogP contribution in [0, 0.1) is 20.8 Å². The Morgan fingerprint density at radius 2 is 0.840 bits per heavy atom. The lowest BCUT2D eigenvalue weighted by atomic mass is 9.70. The fourth-order valence-corrected chi connectivity index (χ4v) is 7.86. The molecule has 244 valence electrons. The number of fused-ring (bicyclic) bond motifs is 12. The van der Waals surface area contributed by atoms with Gasteiger partial charge in [0.15, 0.2) is 0 Å². The molecular formula is C48H40S2. The van der Waals surface area contributed by atoms with Crippen LogP contribution in [0.2, 0.25) is 0 Å². The summed E-state index contributed by atoms with van der Waals surface area (Å²) in [4.78, 5) is 0. The molecule has 0 heterocycles. The first kappa shape index (κ1) is 33.5. The Morgan fingerprint density at radius 3 is 1.46 bits per heavy atom. The van der Waals surface area contributed by atoms with Crippen molar-refractivity contribution in [1.29, 1.82) is 0 Å². The number of thiol groups is 2. The third-order valence-electron chi connectivity index (χ3n) is 10.1. The molecular weight excluding hydrogens is 641 g/mol. The van der Waals surface area contributed by atoms with Crippen molar-refractivity contribution in [3.8, 4) is 22.3 Å². The van der Waals surface area contributed by atoms with Gasteiger partial charge < -0.3 is 0 Å². The van der Waals surface area contributed by atoms with Gasteiger partial charge >= 0.3 is 0 Å². The highest BCUT2D eigenvalue weighted by Gasteiger charge is 2.51. The number of rotatable bonds is 0. The molecule has 1 spiro atoms. The van der Waals surface area contributed by atoms with E-state index in [0.717, 1.165) is 0 Å². The van der Waals surface area contributed by atoms with E-state index in [9.17, 15) is 0 Å². The minimum absolute atomic E-state index is 0.242. The molecule has 0 fully saturated rings. The lowest BCUT2D eigenvalue weighted by molar-refractivity contribution is 0.794. The molecule has 0 bridgehead atoms. The molecule has 50 heavy (non-hydrogen) atoms. The summed E-state index contributed by atoms with van der Waals surface area (Å²) in [5.41, 5.74) is 14.9. The van der Waals surface area contributed by atoms with Crippen LogP contribution in [-0.2, 0) is 5.41 Å². The predicted octanol–water partition coefficient (Wildman–Crippen LogP) is 13.4. The van der Waals surface area contributed by atoms with Crippen LogP contribution < -0.4 is 0 Å². The molecule has 2 aliphatic carbocycles. The molecule has 10 rings (SSSR count). The van der Waals surface area contributed by atoms with E-state index in [1.54, 1.807) is 0 Å². The molecule has 0 nitrogen and oxygen atoms in total. The third-order valence-corrected chi connectivity index (χ3v) is 10.1. The van der Waals surface area contributed by atoms with Gasteiger partial charge in [-0.15, -0.1) is 23.3 Å². The van der Waals surface area contributed by atoms with Crippen molar-refractivity contribution in [2.24, 2.45) is 0 Å². The second-order valence-corrected chi connectivity index (χ2v) is 13.1. The summed E-state index contributed by atoms with van der Waals surface area (Å²) in [6, 6.07) is 63.7. The number of hydrogen-bond acceptors (Lipinski definition) is 2. The zero-order valence-electron chi connectivity index (χ0n) is 28.6. The van der Waals surface area contributed by atoms with Gasteiger partial charge in [0.25, 0.3) is 0 Å². The monoisotopic (exact) mass is 680 g/mol. The molecule has 0 aliphatic heterocycles. The fraction of sp³-hybridized carbons (Fsp3) is 0.0833. The van der Waals surface area contributed by atoms with Crippen molar-refractivity contribution < 1.29 is 0 Å². The zero-order valence-corrected chi connectivity index (χ0v) is 30.4. The Hall–Kier alpha value is -5.02. The van der Waals surface area contributed by atoms with Crippen molar-refractivity contribution >= 4 is 44.9 Å². The summed E-state index contributed by atoms with van der Waals surface area (Å²) < 4.78 is 0. The molecule has 2 aliphatic rings. The summed E-state index contributed by atoms with van der Waals surface area (Å²) >= 11 is 6.44. The van der Waals surface area contributed by atoms with Crippen LogP contribution in [0.25, 0.3) is 43.8 Å². The number of benzene rings is 8. The SMILES string of the molecule is Cc1ccc2c(c1)C1(c3ccccc3-c3ccccc31)c1cc3ccccc3cc1-2.Cc1cccc2ccccc12.Cc1ccccc1.SS. The maximum atomic E-state index is 3.22. The molecule has 2 heteroatoms. The fourth-order valence-electron chi connectivity index (χ4n) is 7.86. The van der Waals surface area contributed by atoms with Crippen molar-refractivity contribution in [2.45, 2.75) is 26.2 Å². The zero-order chi connectivity index (χ0) is 34.7. The number of aryl methyl sites for hydroxylation is 3. The summed E-state index contributed by atoms with van der Waals surface area (Å²) in [6.45, 7) is 6.43. The highest BCUT2D eigenvalue weighted by atomic mass is 33.1. The Morgan fingerprint density at radius 1 is 0.340 bits per heavy atom. The molecule has 0 amide bonds. The first-order valence-corrected chi connectivity index (χ1v) is 18.7. The van der Waals surface area contributed by atoms with Gasteiger partial charge in [-0.3, -0.25) is 0 Å². The van der Waals surface area contributed by atoms with E-state index in [-0.39, 0.29) is 5.41 Å². The molecule has 8 aromatic rings. The summed E-state index contributed by atoms with van der Waals surface area (Å²) in [5, 5.41) is 5.30. The van der Waals surface area contributed by atoms with Gasteiger partial charge in [-0.1, -0.05) is 175 Å². The summed E-state index contributed by atoms with van der Waals surface area (Å²) in [6.07, 6.45) is 0. The predicted molar refractivity (Wildman–Crippen MR) is 223 cm³/mol. The van der Waals surface area contributed by atoms with E-state index in [4.69, 9.17) is 0 Å². The van der Waals surface area contributed by atoms with Crippen LogP contribution in [0.15, 0.2) is 176 Å². The summed E-state index contributed by atoms with van der Waals surface area (Å²) in [7, 11) is 0. The lowest BCUT2D eigenvalue weighted by Gasteiger charge is -2.30. The van der Waals surface area contributed by atoms with Gasteiger partial charge in [-0.05, 0) is 105 Å². The molecule has 0 N–H and O–H groups in total. The lowest BCUT2D eigenvalue weighted by Crippen LogP contribution is -2.25. The van der Waals surface area contributed by atoms with Crippen molar-refractivity contribution in [3.05, 3.63) is 215 Å². The molecule has 0 saturated heterocycles. The maximum absolute atomic E-state index is 3.22. The van der Waals surface area contributed by atoms with E-state index in [2.05, 4.69) is 202 Å². The van der Waals surface area contributed by atoms with E-state index < -0.39 is 0 Å². The van der Waals surface area contributed by atoms with Crippen molar-refractivity contribution in [1.82, 2.24) is 0 Å². The van der Waals surface area contributed by atoms with Crippen LogP contribution in [0.3, 0.4) is 0 Å². The van der Waals surface area contributed by atoms with Gasteiger partial charge in [0.2, 0.25) is 0 Å². The molecule has 0 radical (unpaired) electrons. The molecule has 0 saturated carbocycles. The quantitative estimate of drug-likeness (QED) is 0.116. The van der Waals surface area contributed by atoms with Gasteiger partial charge in [0.05, 0.1) is 5.41 Å². The normalized spacial score (nSPS) is 12.3. The van der Waals surface area contributed by atoms with Crippen LogP contribution in [0.4, 0.5) is 0 Å². The Labute approximate surface area is 306 Å².